The molecular weight excluding hydrogens is 332 g/mol. The molecule has 0 radical (unpaired) electrons. The van der Waals surface area contributed by atoms with E-state index in [1.54, 1.807) is 6.92 Å². The van der Waals surface area contributed by atoms with Crippen molar-refractivity contribution in [3.05, 3.63) is 35.5 Å². The van der Waals surface area contributed by atoms with Gasteiger partial charge in [0, 0.05) is 18.7 Å². The average Bonchev–Trinajstić information content (AvgIpc) is 3.25. The van der Waals surface area contributed by atoms with Crippen LogP contribution >= 0.6 is 0 Å². The second-order valence-corrected chi connectivity index (χ2v) is 7.55. The highest BCUT2D eigenvalue weighted by Crippen LogP contribution is 2.21. The number of Topliss-reactive ketones (excluding diaryl/α,β-unsaturated/α-hetero) is 1. The summed E-state index contributed by atoms with van der Waals surface area (Å²) in [6.07, 6.45) is 1.77. The van der Waals surface area contributed by atoms with Crippen molar-refractivity contribution >= 4 is 21.6 Å². The number of nitrogens with zero attached hydrogens (tertiary/aromatic N) is 3. The van der Waals surface area contributed by atoms with Gasteiger partial charge in [0.2, 0.25) is 10.0 Å². The molecule has 24 heavy (non-hydrogen) atoms. The summed E-state index contributed by atoms with van der Waals surface area (Å²) in [5.74, 6) is 0.235. The van der Waals surface area contributed by atoms with E-state index in [1.807, 2.05) is 0 Å². The number of benzene rings is 1. The lowest BCUT2D eigenvalue weighted by Gasteiger charge is -2.15. The van der Waals surface area contributed by atoms with Gasteiger partial charge in [-0.1, -0.05) is 5.16 Å². The van der Waals surface area contributed by atoms with Crippen LogP contribution in [-0.2, 0) is 10.0 Å². The normalized spacial score (nSPS) is 15.5. The Morgan fingerprint density at radius 2 is 1.88 bits per heavy atom. The van der Waals surface area contributed by atoms with Crippen LogP contribution < -0.4 is 5.32 Å². The Balaban J connectivity index is 1.67. The van der Waals surface area contributed by atoms with Crippen LogP contribution in [0.4, 0.5) is 5.82 Å². The number of hydrogen-bond acceptors (Lipinski definition) is 7. The molecule has 1 saturated heterocycles. The molecule has 1 N–H and O–H groups in total. The van der Waals surface area contributed by atoms with Gasteiger partial charge in [-0.15, -0.1) is 0 Å². The summed E-state index contributed by atoms with van der Waals surface area (Å²) in [6.45, 7) is 2.84. The van der Waals surface area contributed by atoms with E-state index in [-0.39, 0.29) is 17.2 Å². The standard InChI is InChI=1S/C15H18N4O4S/c1-11-15(18-23-17-11)16-10-14(20)12-4-6-13(7-5-12)24(21,22)19-8-2-3-9-19/h4-7H,2-3,8-10H2,1H3,(H,16,18). The minimum Gasteiger partial charge on any atom is -0.358 e. The van der Waals surface area contributed by atoms with E-state index >= 15 is 0 Å². The maximum absolute atomic E-state index is 12.4. The minimum atomic E-state index is -3.46. The fourth-order valence-corrected chi connectivity index (χ4v) is 4.07. The van der Waals surface area contributed by atoms with Gasteiger partial charge in [0.1, 0.15) is 5.69 Å². The lowest BCUT2D eigenvalue weighted by molar-refractivity contribution is 0.101. The van der Waals surface area contributed by atoms with Crippen LogP contribution in [0.2, 0.25) is 0 Å². The molecule has 0 spiro atoms. The molecule has 2 heterocycles. The predicted molar refractivity (Wildman–Crippen MR) is 86.3 cm³/mol. The number of anilines is 1. The Morgan fingerprint density at radius 1 is 1.21 bits per heavy atom. The lowest BCUT2D eigenvalue weighted by Crippen LogP contribution is -2.27. The predicted octanol–water partition coefficient (Wildman–Crippen LogP) is 1.46. The summed E-state index contributed by atoms with van der Waals surface area (Å²) in [7, 11) is -3.46. The van der Waals surface area contributed by atoms with Gasteiger partial charge < -0.3 is 5.32 Å². The summed E-state index contributed by atoms with van der Waals surface area (Å²) < 4.78 is 30.9. The summed E-state index contributed by atoms with van der Waals surface area (Å²) in [5.41, 5.74) is 0.992. The maximum Gasteiger partial charge on any atom is 0.243 e. The fourth-order valence-electron chi connectivity index (χ4n) is 2.55. The van der Waals surface area contributed by atoms with Gasteiger partial charge in [-0.3, -0.25) is 4.79 Å². The van der Waals surface area contributed by atoms with Crippen molar-refractivity contribution in [3.63, 3.8) is 0 Å². The number of sulfonamides is 1. The van der Waals surface area contributed by atoms with E-state index in [0.717, 1.165) is 12.8 Å². The second kappa shape index (κ2) is 6.70. The first-order chi connectivity index (χ1) is 11.5. The molecule has 0 unspecified atom stereocenters. The highest BCUT2D eigenvalue weighted by molar-refractivity contribution is 7.89. The third-order valence-corrected chi connectivity index (χ3v) is 5.86. The average molecular weight is 350 g/mol. The number of aryl methyl sites for hydroxylation is 1. The molecule has 0 bridgehead atoms. The van der Waals surface area contributed by atoms with Gasteiger partial charge in [-0.05, 0) is 49.2 Å². The van der Waals surface area contributed by atoms with E-state index in [0.29, 0.717) is 30.2 Å². The molecule has 1 aromatic carbocycles. The highest BCUT2D eigenvalue weighted by atomic mass is 32.2. The molecule has 1 aliphatic rings. The molecule has 0 aliphatic carbocycles. The number of ketones is 1. The maximum atomic E-state index is 12.4. The Kier molecular flexibility index (Phi) is 4.63. The topological polar surface area (TPSA) is 105 Å². The second-order valence-electron chi connectivity index (χ2n) is 5.61. The zero-order valence-electron chi connectivity index (χ0n) is 13.2. The number of rotatable bonds is 6. The summed E-state index contributed by atoms with van der Waals surface area (Å²) >= 11 is 0. The zero-order chi connectivity index (χ0) is 17.2. The minimum absolute atomic E-state index is 0.0211. The number of nitrogens with one attached hydrogen (secondary N) is 1. The number of hydrogen-bond donors (Lipinski definition) is 1. The van der Waals surface area contributed by atoms with Crippen molar-refractivity contribution in [2.24, 2.45) is 0 Å². The quantitative estimate of drug-likeness (QED) is 0.786. The first-order valence-corrected chi connectivity index (χ1v) is 9.09. The van der Waals surface area contributed by atoms with Crippen LogP contribution in [-0.4, -0.2) is 48.5 Å². The molecular formula is C15H18N4O4S. The van der Waals surface area contributed by atoms with Gasteiger partial charge >= 0.3 is 0 Å². The SMILES string of the molecule is Cc1nonc1NCC(=O)c1ccc(S(=O)(=O)N2CCCC2)cc1. The highest BCUT2D eigenvalue weighted by Gasteiger charge is 2.27. The van der Waals surface area contributed by atoms with Gasteiger partial charge in [0.25, 0.3) is 0 Å². The Labute approximate surface area is 139 Å². The molecule has 0 atom stereocenters. The smallest absolute Gasteiger partial charge is 0.243 e. The van der Waals surface area contributed by atoms with Crippen molar-refractivity contribution in [3.8, 4) is 0 Å². The van der Waals surface area contributed by atoms with Crippen LogP contribution in [0, 0.1) is 6.92 Å². The first-order valence-electron chi connectivity index (χ1n) is 7.65. The van der Waals surface area contributed by atoms with Crippen molar-refractivity contribution in [2.45, 2.75) is 24.7 Å². The molecule has 1 aliphatic heterocycles. The molecule has 3 rings (SSSR count). The van der Waals surface area contributed by atoms with Crippen molar-refractivity contribution in [2.75, 3.05) is 25.0 Å². The van der Waals surface area contributed by atoms with Crippen molar-refractivity contribution in [1.29, 1.82) is 0 Å². The van der Waals surface area contributed by atoms with Crippen LogP contribution in [0.3, 0.4) is 0 Å². The molecule has 128 valence electrons. The van der Waals surface area contributed by atoms with Crippen LogP contribution in [0.5, 0.6) is 0 Å². The van der Waals surface area contributed by atoms with E-state index < -0.39 is 10.0 Å². The number of aromatic nitrogens is 2. The van der Waals surface area contributed by atoms with Crippen LogP contribution in [0.25, 0.3) is 0 Å². The Bertz CT molecular complexity index is 823. The first kappa shape index (κ1) is 16.6. The van der Waals surface area contributed by atoms with Crippen LogP contribution in [0.1, 0.15) is 28.9 Å². The van der Waals surface area contributed by atoms with Gasteiger partial charge in [-0.25, -0.2) is 13.0 Å². The molecule has 1 fully saturated rings. The van der Waals surface area contributed by atoms with E-state index in [4.69, 9.17) is 0 Å². The van der Waals surface area contributed by atoms with E-state index in [9.17, 15) is 13.2 Å². The third-order valence-electron chi connectivity index (χ3n) is 3.95. The summed E-state index contributed by atoms with van der Waals surface area (Å²) in [5, 5.41) is 10.1. The van der Waals surface area contributed by atoms with Crippen molar-refractivity contribution < 1.29 is 17.8 Å². The molecule has 2 aromatic rings. The lowest BCUT2D eigenvalue weighted by atomic mass is 10.1. The number of carbonyl (C=O) groups excluding carboxylic acids is 1. The summed E-state index contributed by atoms with van der Waals surface area (Å²) in [4.78, 5) is 12.4. The molecule has 1 aromatic heterocycles. The Morgan fingerprint density at radius 3 is 2.46 bits per heavy atom. The van der Waals surface area contributed by atoms with Gasteiger partial charge in [0.05, 0.1) is 11.4 Å². The van der Waals surface area contributed by atoms with Gasteiger partial charge in [-0.2, -0.15) is 4.31 Å². The van der Waals surface area contributed by atoms with E-state index in [2.05, 4.69) is 20.3 Å². The molecule has 0 amide bonds. The van der Waals surface area contributed by atoms with Crippen LogP contribution in [0.15, 0.2) is 33.8 Å². The molecule has 0 saturated carbocycles. The molecule has 9 heteroatoms. The molecule has 8 nitrogen and oxygen atoms in total. The summed E-state index contributed by atoms with van der Waals surface area (Å²) in [6, 6.07) is 6.01. The van der Waals surface area contributed by atoms with Crippen molar-refractivity contribution in [1.82, 2.24) is 14.6 Å². The van der Waals surface area contributed by atoms with Gasteiger partial charge in [0.15, 0.2) is 11.6 Å². The van der Waals surface area contributed by atoms with E-state index in [1.165, 1.54) is 28.6 Å². The zero-order valence-corrected chi connectivity index (χ0v) is 14.0. The monoisotopic (exact) mass is 350 g/mol. The fraction of sp³-hybridized carbons (Fsp3) is 0.400. The third kappa shape index (κ3) is 3.31. The largest absolute Gasteiger partial charge is 0.358 e. The Hall–Kier alpha value is -2.26. The number of carbonyl (C=O) groups is 1.